The van der Waals surface area contributed by atoms with Crippen LogP contribution in [0.5, 0.6) is 23.0 Å². The number of nitrogens with two attached hydrogens (primary N) is 2. The van der Waals surface area contributed by atoms with E-state index in [1.807, 2.05) is 48.5 Å². The van der Waals surface area contributed by atoms with Gasteiger partial charge in [0.15, 0.2) is 0 Å². The Morgan fingerprint density at radius 2 is 1.16 bits per heavy atom. The Hall–Kier alpha value is -3.66. The summed E-state index contributed by atoms with van der Waals surface area (Å²) in [6.45, 7) is 0. The first-order valence-corrected chi connectivity index (χ1v) is 14.3. The van der Waals surface area contributed by atoms with Gasteiger partial charge in [-0.3, -0.25) is 0 Å². The minimum Gasteiger partial charge on any atom is -0.455 e. The van der Waals surface area contributed by atoms with Crippen molar-refractivity contribution >= 4 is 22.1 Å². The van der Waals surface area contributed by atoms with E-state index in [9.17, 15) is 0 Å². The topological polar surface area (TPSA) is 70.5 Å². The number of hydrogen-bond acceptors (Lipinski definition) is 4. The molecular formula is C34H38N2O2. The molecule has 0 amide bonds. The fourth-order valence-corrected chi connectivity index (χ4v) is 6.48. The Kier molecular flexibility index (Phi) is 7.13. The van der Waals surface area contributed by atoms with E-state index in [1.165, 1.54) is 86.1 Å². The van der Waals surface area contributed by atoms with Crippen molar-refractivity contribution < 1.29 is 9.47 Å². The number of ether oxygens (including phenoxy) is 2. The molecule has 196 valence electrons. The molecule has 2 fully saturated rings. The first kappa shape index (κ1) is 24.7. The Morgan fingerprint density at radius 3 is 1.79 bits per heavy atom. The average Bonchev–Trinajstić information content (AvgIpc) is 2.96. The lowest BCUT2D eigenvalue weighted by Crippen LogP contribution is -2.12. The van der Waals surface area contributed by atoms with E-state index in [2.05, 4.69) is 24.3 Å². The number of hydrogen-bond donors (Lipinski definition) is 2. The van der Waals surface area contributed by atoms with Crippen LogP contribution in [0.2, 0.25) is 0 Å². The van der Waals surface area contributed by atoms with Crippen LogP contribution in [-0.2, 0) is 0 Å². The zero-order valence-electron chi connectivity index (χ0n) is 22.1. The first-order chi connectivity index (χ1) is 18.7. The van der Waals surface area contributed by atoms with Gasteiger partial charge in [-0.15, -0.1) is 0 Å². The fourth-order valence-electron chi connectivity index (χ4n) is 6.48. The van der Waals surface area contributed by atoms with Gasteiger partial charge in [-0.1, -0.05) is 68.9 Å². The van der Waals surface area contributed by atoms with Crippen molar-refractivity contribution in [3.63, 3.8) is 0 Å². The summed E-state index contributed by atoms with van der Waals surface area (Å²) in [5.74, 6) is 4.21. The quantitative estimate of drug-likeness (QED) is 0.255. The maximum atomic E-state index is 6.88. The normalized spacial score (nSPS) is 16.9. The predicted octanol–water partition coefficient (Wildman–Crippen LogP) is 9.68. The van der Waals surface area contributed by atoms with Crippen molar-refractivity contribution in [2.45, 2.75) is 76.0 Å². The van der Waals surface area contributed by atoms with Gasteiger partial charge in [0.2, 0.25) is 0 Å². The lowest BCUT2D eigenvalue weighted by Gasteiger charge is -2.31. The lowest BCUT2D eigenvalue weighted by atomic mass is 9.77. The van der Waals surface area contributed by atoms with Gasteiger partial charge in [0.1, 0.15) is 23.0 Å². The molecule has 0 aromatic heterocycles. The summed E-state index contributed by atoms with van der Waals surface area (Å²) in [5, 5.41) is 2.47. The summed E-state index contributed by atoms with van der Waals surface area (Å²) in [7, 11) is 0. The van der Waals surface area contributed by atoms with Crippen molar-refractivity contribution in [2.24, 2.45) is 0 Å². The monoisotopic (exact) mass is 506 g/mol. The summed E-state index contributed by atoms with van der Waals surface area (Å²) >= 11 is 0. The second-order valence-electron chi connectivity index (χ2n) is 11.0. The largest absolute Gasteiger partial charge is 0.455 e. The molecule has 4 heteroatoms. The molecule has 2 aliphatic rings. The van der Waals surface area contributed by atoms with E-state index in [1.54, 1.807) is 0 Å². The van der Waals surface area contributed by atoms with Crippen LogP contribution in [0, 0.1) is 0 Å². The third-order valence-electron chi connectivity index (χ3n) is 8.47. The number of anilines is 2. The van der Waals surface area contributed by atoms with E-state index >= 15 is 0 Å². The van der Waals surface area contributed by atoms with Gasteiger partial charge < -0.3 is 20.9 Å². The highest BCUT2D eigenvalue weighted by atomic mass is 16.5. The predicted molar refractivity (Wildman–Crippen MR) is 157 cm³/mol. The molecule has 0 saturated heterocycles. The Labute approximate surface area is 226 Å². The molecule has 2 aliphatic carbocycles. The number of nitrogen functional groups attached to an aromatic ring is 2. The molecule has 4 N–H and O–H groups in total. The smallest absolute Gasteiger partial charge is 0.150 e. The molecule has 4 nitrogen and oxygen atoms in total. The van der Waals surface area contributed by atoms with Gasteiger partial charge in [-0.25, -0.2) is 0 Å². The maximum absolute atomic E-state index is 6.88. The van der Waals surface area contributed by atoms with Gasteiger partial charge >= 0.3 is 0 Å². The Bertz CT molecular complexity index is 1420. The molecule has 4 aromatic rings. The highest BCUT2D eigenvalue weighted by molar-refractivity contribution is 5.91. The summed E-state index contributed by atoms with van der Waals surface area (Å²) in [6, 6.07) is 24.4. The molecule has 0 radical (unpaired) electrons. The van der Waals surface area contributed by atoms with Crippen molar-refractivity contribution in [2.75, 3.05) is 11.5 Å². The second kappa shape index (κ2) is 11.0. The van der Waals surface area contributed by atoms with E-state index in [0.717, 1.165) is 17.2 Å². The van der Waals surface area contributed by atoms with Crippen LogP contribution in [0.1, 0.15) is 87.2 Å². The van der Waals surface area contributed by atoms with Crippen molar-refractivity contribution in [3.8, 4) is 23.0 Å². The van der Waals surface area contributed by atoms with Crippen LogP contribution in [0.25, 0.3) is 10.8 Å². The highest BCUT2D eigenvalue weighted by Gasteiger charge is 2.29. The van der Waals surface area contributed by atoms with Crippen LogP contribution in [0.3, 0.4) is 0 Å². The van der Waals surface area contributed by atoms with Gasteiger partial charge in [-0.05, 0) is 96.3 Å². The zero-order valence-corrected chi connectivity index (χ0v) is 22.1. The Balaban J connectivity index is 1.54. The van der Waals surface area contributed by atoms with E-state index < -0.39 is 0 Å². The maximum Gasteiger partial charge on any atom is 0.150 e. The molecule has 0 heterocycles. The zero-order chi connectivity index (χ0) is 25.9. The third-order valence-corrected chi connectivity index (χ3v) is 8.47. The molecule has 0 aliphatic heterocycles. The molecule has 4 aromatic carbocycles. The van der Waals surface area contributed by atoms with Crippen molar-refractivity contribution in [1.29, 1.82) is 0 Å². The number of para-hydroxylation sites is 4. The van der Waals surface area contributed by atoms with Gasteiger partial charge in [0, 0.05) is 5.56 Å². The minimum absolute atomic E-state index is 0.451. The molecule has 0 unspecified atom stereocenters. The van der Waals surface area contributed by atoms with Crippen LogP contribution >= 0.6 is 0 Å². The van der Waals surface area contributed by atoms with Gasteiger partial charge in [0.25, 0.3) is 0 Å². The second-order valence-corrected chi connectivity index (χ2v) is 11.0. The number of rotatable bonds is 6. The molecule has 38 heavy (non-hydrogen) atoms. The van der Waals surface area contributed by atoms with E-state index in [4.69, 9.17) is 20.9 Å². The van der Waals surface area contributed by atoms with Crippen LogP contribution < -0.4 is 20.9 Å². The molecule has 6 rings (SSSR count). The van der Waals surface area contributed by atoms with Crippen LogP contribution in [-0.4, -0.2) is 0 Å². The highest BCUT2D eigenvalue weighted by Crippen LogP contribution is 2.50. The van der Waals surface area contributed by atoms with Crippen LogP contribution in [0.15, 0.2) is 72.8 Å². The average molecular weight is 507 g/mol. The summed E-state index contributed by atoms with van der Waals surface area (Å²) in [5.41, 5.74) is 16.6. The lowest BCUT2D eigenvalue weighted by molar-refractivity contribution is 0.401. The third kappa shape index (κ3) is 5.05. The SMILES string of the molecule is Nc1ccccc1Oc1ccc2cc(C3CCCCC3)c(Oc3ccccc3N)c(C3CCCCC3)c2c1. The van der Waals surface area contributed by atoms with Gasteiger partial charge in [-0.2, -0.15) is 0 Å². The number of fused-ring (bicyclic) bond motifs is 1. The summed E-state index contributed by atoms with van der Waals surface area (Å²) < 4.78 is 13.2. The molecule has 0 bridgehead atoms. The molecule has 0 atom stereocenters. The minimum atomic E-state index is 0.451. The van der Waals surface area contributed by atoms with E-state index in [-0.39, 0.29) is 0 Å². The van der Waals surface area contributed by atoms with Crippen molar-refractivity contribution in [1.82, 2.24) is 0 Å². The molecule has 2 saturated carbocycles. The van der Waals surface area contributed by atoms with Crippen molar-refractivity contribution in [3.05, 3.63) is 83.9 Å². The molecule has 0 spiro atoms. The van der Waals surface area contributed by atoms with E-state index in [0.29, 0.717) is 29.0 Å². The molecular weight excluding hydrogens is 468 g/mol. The summed E-state index contributed by atoms with van der Waals surface area (Å²) in [4.78, 5) is 0. The standard InChI is InChI=1S/C34H38N2O2/c35-29-15-7-9-17-31(29)37-26-20-19-25-21-28(23-11-3-1-4-12-23)34(38-32-18-10-8-16-30(32)36)33(27(25)22-26)24-13-5-2-6-14-24/h7-10,15-24H,1-6,11-14,35-36H2. The van der Waals surface area contributed by atoms with Gasteiger partial charge in [0.05, 0.1) is 11.4 Å². The number of benzene rings is 4. The summed E-state index contributed by atoms with van der Waals surface area (Å²) in [6.07, 6.45) is 12.5. The first-order valence-electron chi connectivity index (χ1n) is 14.3. The van der Waals surface area contributed by atoms with Crippen LogP contribution in [0.4, 0.5) is 11.4 Å². The fraction of sp³-hybridized carbons (Fsp3) is 0.353. The Morgan fingerprint density at radius 1 is 0.579 bits per heavy atom.